The summed E-state index contributed by atoms with van der Waals surface area (Å²) in [5.41, 5.74) is 10.4. The van der Waals surface area contributed by atoms with E-state index in [2.05, 4.69) is 10.1 Å². The quantitative estimate of drug-likeness (QED) is 0.935. The van der Waals surface area contributed by atoms with Crippen LogP contribution in [-0.2, 0) is 19.9 Å². The Morgan fingerprint density at radius 1 is 1.47 bits per heavy atom. The van der Waals surface area contributed by atoms with Crippen LogP contribution in [0.25, 0.3) is 0 Å². The van der Waals surface area contributed by atoms with Gasteiger partial charge in [-0.15, -0.1) is 0 Å². The maximum atomic E-state index is 6.35. The van der Waals surface area contributed by atoms with E-state index in [1.165, 1.54) is 0 Å². The summed E-state index contributed by atoms with van der Waals surface area (Å²) < 4.78 is 1.83. The lowest BCUT2D eigenvalue weighted by molar-refractivity contribution is 0.634. The third kappa shape index (κ3) is 2.80. The zero-order chi connectivity index (χ0) is 14.0. The van der Waals surface area contributed by atoms with Crippen molar-refractivity contribution in [1.82, 2.24) is 14.8 Å². The summed E-state index contributed by atoms with van der Waals surface area (Å²) in [5.74, 6) is 0. The van der Waals surface area contributed by atoms with Gasteiger partial charge >= 0.3 is 0 Å². The van der Waals surface area contributed by atoms with Crippen LogP contribution < -0.4 is 5.73 Å². The largest absolute Gasteiger partial charge is 0.324 e. The summed E-state index contributed by atoms with van der Waals surface area (Å²) in [6.07, 6.45) is 5.09. The van der Waals surface area contributed by atoms with Gasteiger partial charge in [0.15, 0.2) is 0 Å². The Labute approximate surface area is 118 Å². The fraction of sp³-hybridized carbons (Fsp3) is 0.429. The molecule has 5 heteroatoms. The molecule has 2 aromatic rings. The lowest BCUT2D eigenvalue weighted by atomic mass is 10.0. The van der Waals surface area contributed by atoms with Crippen molar-refractivity contribution >= 4 is 11.6 Å². The fourth-order valence-electron chi connectivity index (χ4n) is 2.22. The Balaban J connectivity index is 2.27. The highest BCUT2D eigenvalue weighted by atomic mass is 35.5. The minimum atomic E-state index is -0.119. The number of nitrogens with two attached hydrogens (primary N) is 1. The number of rotatable bonds is 4. The van der Waals surface area contributed by atoms with E-state index in [1.54, 1.807) is 6.20 Å². The molecule has 0 aliphatic rings. The van der Waals surface area contributed by atoms with Crippen LogP contribution in [0.15, 0.2) is 18.5 Å². The van der Waals surface area contributed by atoms with Gasteiger partial charge in [-0.2, -0.15) is 5.10 Å². The molecule has 1 unspecified atom stereocenters. The second-order valence-electron chi connectivity index (χ2n) is 4.73. The maximum Gasteiger partial charge on any atom is 0.0850 e. The first-order valence-corrected chi connectivity index (χ1v) is 6.78. The van der Waals surface area contributed by atoms with Crippen LogP contribution >= 0.6 is 11.6 Å². The highest BCUT2D eigenvalue weighted by Gasteiger charge is 2.17. The van der Waals surface area contributed by atoms with Crippen molar-refractivity contribution in [3.05, 3.63) is 46.0 Å². The fourth-order valence-corrected chi connectivity index (χ4v) is 2.60. The Morgan fingerprint density at radius 3 is 2.79 bits per heavy atom. The van der Waals surface area contributed by atoms with E-state index in [4.69, 9.17) is 17.3 Å². The van der Waals surface area contributed by atoms with Gasteiger partial charge in [0.05, 0.1) is 16.4 Å². The van der Waals surface area contributed by atoms with E-state index in [9.17, 15) is 0 Å². The Kier molecular flexibility index (Phi) is 4.22. The van der Waals surface area contributed by atoms with Gasteiger partial charge in [-0.3, -0.25) is 9.67 Å². The minimum absolute atomic E-state index is 0.119. The monoisotopic (exact) mass is 278 g/mol. The molecule has 0 radical (unpaired) electrons. The van der Waals surface area contributed by atoms with E-state index in [1.807, 2.05) is 37.8 Å². The number of aryl methyl sites for hydroxylation is 3. The number of nitrogens with zero attached hydrogens (tertiary/aromatic N) is 3. The Hall–Kier alpha value is -1.39. The first kappa shape index (κ1) is 14.0. The predicted octanol–water partition coefficient (Wildman–Crippen LogP) is 2.58. The molecule has 19 heavy (non-hydrogen) atoms. The highest BCUT2D eigenvalue weighted by Crippen LogP contribution is 2.26. The van der Waals surface area contributed by atoms with Gasteiger partial charge in [-0.25, -0.2) is 0 Å². The summed E-state index contributed by atoms with van der Waals surface area (Å²) in [5, 5.41) is 5.15. The van der Waals surface area contributed by atoms with Gasteiger partial charge in [-0.1, -0.05) is 18.5 Å². The Morgan fingerprint density at radius 2 is 2.21 bits per heavy atom. The van der Waals surface area contributed by atoms with Crippen LogP contribution in [0.1, 0.15) is 35.5 Å². The van der Waals surface area contributed by atoms with Crippen LogP contribution in [0.2, 0.25) is 5.02 Å². The first-order valence-electron chi connectivity index (χ1n) is 6.40. The number of hydrogen-bond acceptors (Lipinski definition) is 3. The van der Waals surface area contributed by atoms with Crippen molar-refractivity contribution in [2.75, 3.05) is 0 Å². The number of halogens is 1. The van der Waals surface area contributed by atoms with Crippen molar-refractivity contribution < 1.29 is 0 Å². The van der Waals surface area contributed by atoms with Crippen molar-refractivity contribution in [2.24, 2.45) is 12.8 Å². The summed E-state index contributed by atoms with van der Waals surface area (Å²) in [7, 11) is 1.91. The summed E-state index contributed by atoms with van der Waals surface area (Å²) >= 11 is 6.35. The molecule has 0 saturated heterocycles. The molecule has 0 spiro atoms. The topological polar surface area (TPSA) is 56.7 Å². The normalized spacial score (nSPS) is 12.7. The second kappa shape index (κ2) is 5.72. The van der Waals surface area contributed by atoms with E-state index < -0.39 is 0 Å². The summed E-state index contributed by atoms with van der Waals surface area (Å²) in [6, 6.07) is 1.85. The lowest BCUT2D eigenvalue weighted by Gasteiger charge is -2.14. The van der Waals surface area contributed by atoms with E-state index in [0.717, 1.165) is 34.0 Å². The van der Waals surface area contributed by atoms with Crippen LogP contribution in [0.3, 0.4) is 0 Å². The summed E-state index contributed by atoms with van der Waals surface area (Å²) in [6.45, 7) is 4.09. The molecule has 2 N–H and O–H groups in total. The lowest BCUT2D eigenvalue weighted by Crippen LogP contribution is -2.17. The molecule has 0 aliphatic heterocycles. The molecule has 0 bridgehead atoms. The van der Waals surface area contributed by atoms with Crippen molar-refractivity contribution in [3.63, 3.8) is 0 Å². The van der Waals surface area contributed by atoms with Gasteiger partial charge in [0.2, 0.25) is 0 Å². The van der Waals surface area contributed by atoms with Gasteiger partial charge < -0.3 is 5.73 Å². The zero-order valence-electron chi connectivity index (χ0n) is 11.5. The molecule has 0 fully saturated rings. The molecule has 0 aliphatic carbocycles. The summed E-state index contributed by atoms with van der Waals surface area (Å²) in [4.78, 5) is 4.14. The molecule has 2 aromatic heterocycles. The van der Waals surface area contributed by atoms with Gasteiger partial charge in [0, 0.05) is 31.9 Å². The third-order valence-corrected chi connectivity index (χ3v) is 3.83. The molecular weight excluding hydrogens is 260 g/mol. The van der Waals surface area contributed by atoms with Gasteiger partial charge in [0.25, 0.3) is 0 Å². The minimum Gasteiger partial charge on any atom is -0.324 e. The molecule has 102 valence electrons. The van der Waals surface area contributed by atoms with Gasteiger partial charge in [-0.05, 0) is 30.5 Å². The number of aromatic nitrogens is 3. The highest BCUT2D eigenvalue weighted by molar-refractivity contribution is 6.31. The molecule has 2 heterocycles. The standard InChI is InChI=1S/C14H19ClN4/c1-4-12-14(15)13(19(3)18-12)7-11(16)10-8-17-6-5-9(10)2/h5-6,8,11H,4,7,16H2,1-3H3. The molecule has 1 atom stereocenters. The SMILES string of the molecule is CCc1nn(C)c(CC(N)c2cnccc2C)c1Cl. The van der Waals surface area contributed by atoms with E-state index in [0.29, 0.717) is 6.42 Å². The zero-order valence-corrected chi connectivity index (χ0v) is 12.3. The maximum absolute atomic E-state index is 6.35. The number of pyridine rings is 1. The predicted molar refractivity (Wildman–Crippen MR) is 77.2 cm³/mol. The molecular formula is C14H19ClN4. The van der Waals surface area contributed by atoms with Crippen molar-refractivity contribution in [3.8, 4) is 0 Å². The van der Waals surface area contributed by atoms with Gasteiger partial charge in [0.1, 0.15) is 0 Å². The van der Waals surface area contributed by atoms with Crippen LogP contribution in [-0.4, -0.2) is 14.8 Å². The average molecular weight is 279 g/mol. The van der Waals surface area contributed by atoms with E-state index >= 15 is 0 Å². The second-order valence-corrected chi connectivity index (χ2v) is 5.11. The van der Waals surface area contributed by atoms with Crippen LogP contribution in [0.4, 0.5) is 0 Å². The van der Waals surface area contributed by atoms with Crippen LogP contribution in [0, 0.1) is 6.92 Å². The Bertz CT molecular complexity index is 577. The molecule has 0 saturated carbocycles. The number of hydrogen-bond donors (Lipinski definition) is 1. The van der Waals surface area contributed by atoms with Crippen LogP contribution in [0.5, 0.6) is 0 Å². The van der Waals surface area contributed by atoms with Crippen molar-refractivity contribution in [1.29, 1.82) is 0 Å². The average Bonchev–Trinajstić information content (AvgIpc) is 2.66. The molecule has 0 amide bonds. The third-order valence-electron chi connectivity index (χ3n) is 3.40. The molecule has 0 aromatic carbocycles. The molecule has 2 rings (SSSR count). The smallest absolute Gasteiger partial charge is 0.0850 e. The molecule has 4 nitrogen and oxygen atoms in total. The first-order chi connectivity index (χ1) is 9.04. The van der Waals surface area contributed by atoms with E-state index in [-0.39, 0.29) is 6.04 Å². The van der Waals surface area contributed by atoms with Crippen molar-refractivity contribution in [2.45, 2.75) is 32.7 Å².